The summed E-state index contributed by atoms with van der Waals surface area (Å²) in [5, 5.41) is 0.508. The number of carbonyl (C=O) groups is 1. The van der Waals surface area contributed by atoms with E-state index in [1.54, 1.807) is 12.1 Å². The second-order valence-electron chi connectivity index (χ2n) is 5.45. The lowest BCUT2D eigenvalue weighted by molar-refractivity contribution is 0.0575. The predicted molar refractivity (Wildman–Crippen MR) is 79.3 cm³/mol. The van der Waals surface area contributed by atoms with E-state index in [-0.39, 0.29) is 11.9 Å². The Morgan fingerprint density at radius 3 is 2.53 bits per heavy atom. The van der Waals surface area contributed by atoms with Gasteiger partial charge in [-0.2, -0.15) is 0 Å². The number of nitrogens with zero attached hydrogens (tertiary/aromatic N) is 1. The molecule has 2 atom stereocenters. The van der Waals surface area contributed by atoms with Gasteiger partial charge in [-0.1, -0.05) is 27.5 Å². The molecule has 3 nitrogen and oxygen atoms in total. The van der Waals surface area contributed by atoms with Crippen LogP contribution in [0.5, 0.6) is 0 Å². The normalized spacial score (nSPS) is 29.6. The van der Waals surface area contributed by atoms with Gasteiger partial charge in [0.1, 0.15) is 0 Å². The van der Waals surface area contributed by atoms with Crippen molar-refractivity contribution in [1.82, 2.24) is 4.90 Å². The van der Waals surface area contributed by atoms with Crippen LogP contribution in [0.2, 0.25) is 5.02 Å². The number of fused-ring (bicyclic) bond motifs is 2. The van der Waals surface area contributed by atoms with Crippen LogP contribution < -0.4 is 5.73 Å². The third-order valence-electron chi connectivity index (χ3n) is 4.17. The summed E-state index contributed by atoms with van der Waals surface area (Å²) in [5.74, 6) is 0.0527. The van der Waals surface area contributed by atoms with Gasteiger partial charge in [0, 0.05) is 22.6 Å². The summed E-state index contributed by atoms with van der Waals surface area (Å²) in [6.07, 6.45) is 3.96. The number of amides is 1. The van der Waals surface area contributed by atoms with E-state index < -0.39 is 0 Å². The third-order valence-corrected chi connectivity index (χ3v) is 4.97. The Hall–Kier alpha value is -0.580. The van der Waals surface area contributed by atoms with Gasteiger partial charge in [-0.15, -0.1) is 0 Å². The summed E-state index contributed by atoms with van der Waals surface area (Å²) in [6, 6.07) is 6.25. The lowest BCUT2D eigenvalue weighted by Crippen LogP contribution is -2.50. The van der Waals surface area contributed by atoms with Crippen molar-refractivity contribution in [1.29, 1.82) is 0 Å². The van der Waals surface area contributed by atoms with Crippen molar-refractivity contribution < 1.29 is 4.79 Å². The Kier molecular flexibility index (Phi) is 3.58. The molecule has 3 rings (SSSR count). The first-order chi connectivity index (χ1) is 9.06. The first kappa shape index (κ1) is 13.4. The minimum absolute atomic E-state index is 0.0527. The molecule has 2 aliphatic heterocycles. The molecule has 1 aromatic rings. The highest BCUT2D eigenvalue weighted by atomic mass is 79.9. The monoisotopic (exact) mass is 342 g/mol. The molecule has 0 aliphatic carbocycles. The van der Waals surface area contributed by atoms with Crippen LogP contribution in [0, 0.1) is 0 Å². The maximum atomic E-state index is 12.7. The van der Waals surface area contributed by atoms with Gasteiger partial charge in [0.05, 0.1) is 10.6 Å². The summed E-state index contributed by atoms with van der Waals surface area (Å²) in [5.41, 5.74) is 6.63. The van der Waals surface area contributed by atoms with Crippen LogP contribution in [0.25, 0.3) is 0 Å². The van der Waals surface area contributed by atoms with Crippen molar-refractivity contribution in [2.45, 2.75) is 43.8 Å². The van der Waals surface area contributed by atoms with E-state index in [9.17, 15) is 4.79 Å². The molecular formula is C14H16BrClN2O. The first-order valence-electron chi connectivity index (χ1n) is 6.59. The van der Waals surface area contributed by atoms with Gasteiger partial charge in [0.2, 0.25) is 0 Å². The van der Waals surface area contributed by atoms with Gasteiger partial charge in [0.25, 0.3) is 5.91 Å². The Bertz CT molecular complexity index is 508. The fraction of sp³-hybridized carbons (Fsp3) is 0.500. The standard InChI is InChI=1S/C14H16BrClN2O/c15-8-1-4-12(13(16)5-8)14(19)18-10-2-3-11(18)7-9(17)6-10/h1,4-5,9-11H,2-3,6-7,17H2. The summed E-state index contributed by atoms with van der Waals surface area (Å²) in [7, 11) is 0. The average molecular weight is 344 g/mol. The fourth-order valence-corrected chi connectivity index (χ4v) is 4.11. The molecule has 2 fully saturated rings. The number of piperidine rings is 1. The number of carbonyl (C=O) groups excluding carboxylic acids is 1. The zero-order chi connectivity index (χ0) is 13.6. The molecule has 1 aromatic carbocycles. The topological polar surface area (TPSA) is 46.3 Å². The van der Waals surface area contributed by atoms with Crippen LogP contribution >= 0.6 is 27.5 Å². The summed E-state index contributed by atoms with van der Waals surface area (Å²) >= 11 is 9.55. The minimum Gasteiger partial charge on any atom is -0.333 e. The number of hydrogen-bond acceptors (Lipinski definition) is 2. The Morgan fingerprint density at radius 1 is 1.32 bits per heavy atom. The second kappa shape index (κ2) is 5.08. The Balaban J connectivity index is 1.88. The molecule has 0 saturated carbocycles. The largest absolute Gasteiger partial charge is 0.333 e. The molecule has 0 radical (unpaired) electrons. The summed E-state index contributed by atoms with van der Waals surface area (Å²) < 4.78 is 0.887. The van der Waals surface area contributed by atoms with Gasteiger partial charge >= 0.3 is 0 Å². The molecule has 1 amide bonds. The lowest BCUT2D eigenvalue weighted by Gasteiger charge is -2.38. The fourth-order valence-electron chi connectivity index (χ4n) is 3.35. The molecule has 0 aromatic heterocycles. The van der Waals surface area contributed by atoms with Crippen LogP contribution in [0.15, 0.2) is 22.7 Å². The Labute approximate surface area is 126 Å². The number of hydrogen-bond donors (Lipinski definition) is 1. The van der Waals surface area contributed by atoms with Crippen LogP contribution in [-0.2, 0) is 0 Å². The van der Waals surface area contributed by atoms with Crippen LogP contribution in [0.3, 0.4) is 0 Å². The molecule has 2 saturated heterocycles. The zero-order valence-electron chi connectivity index (χ0n) is 10.5. The molecule has 19 heavy (non-hydrogen) atoms. The SMILES string of the molecule is NC1CC2CCC(C1)N2C(=O)c1ccc(Br)cc1Cl. The smallest absolute Gasteiger partial charge is 0.255 e. The van der Waals surface area contributed by atoms with Crippen molar-refractivity contribution in [3.05, 3.63) is 33.3 Å². The second-order valence-corrected chi connectivity index (χ2v) is 6.78. The molecule has 2 aliphatic rings. The van der Waals surface area contributed by atoms with Gasteiger partial charge in [-0.3, -0.25) is 4.79 Å². The number of benzene rings is 1. The summed E-state index contributed by atoms with van der Waals surface area (Å²) in [6.45, 7) is 0. The van der Waals surface area contributed by atoms with Crippen molar-refractivity contribution in [3.63, 3.8) is 0 Å². The van der Waals surface area contributed by atoms with Gasteiger partial charge < -0.3 is 10.6 Å². The minimum atomic E-state index is 0.0527. The van der Waals surface area contributed by atoms with Gasteiger partial charge in [0.15, 0.2) is 0 Å². The molecule has 5 heteroatoms. The molecule has 102 valence electrons. The third kappa shape index (κ3) is 2.41. The van der Waals surface area contributed by atoms with Crippen molar-refractivity contribution in [3.8, 4) is 0 Å². The lowest BCUT2D eigenvalue weighted by atomic mass is 9.97. The number of rotatable bonds is 1. The quantitative estimate of drug-likeness (QED) is 0.851. The van der Waals surface area contributed by atoms with Crippen molar-refractivity contribution in [2.24, 2.45) is 5.73 Å². The first-order valence-corrected chi connectivity index (χ1v) is 7.76. The van der Waals surface area contributed by atoms with E-state index in [1.165, 1.54) is 0 Å². The van der Waals surface area contributed by atoms with E-state index in [4.69, 9.17) is 17.3 Å². The van der Waals surface area contributed by atoms with E-state index in [2.05, 4.69) is 15.9 Å². The summed E-state index contributed by atoms with van der Waals surface area (Å²) in [4.78, 5) is 14.7. The highest BCUT2D eigenvalue weighted by Gasteiger charge is 2.42. The molecule has 2 unspecified atom stereocenters. The van der Waals surface area contributed by atoms with Crippen molar-refractivity contribution in [2.75, 3.05) is 0 Å². The van der Waals surface area contributed by atoms with E-state index in [0.717, 1.165) is 30.2 Å². The van der Waals surface area contributed by atoms with E-state index in [1.807, 2.05) is 11.0 Å². The number of halogens is 2. The predicted octanol–water partition coefficient (Wildman–Crippen LogP) is 3.20. The highest BCUT2D eigenvalue weighted by molar-refractivity contribution is 9.10. The molecule has 2 heterocycles. The molecule has 2 bridgehead atoms. The molecule has 2 N–H and O–H groups in total. The highest BCUT2D eigenvalue weighted by Crippen LogP contribution is 2.37. The zero-order valence-corrected chi connectivity index (χ0v) is 12.8. The number of nitrogens with two attached hydrogens (primary N) is 1. The van der Waals surface area contributed by atoms with Gasteiger partial charge in [-0.25, -0.2) is 0 Å². The maximum Gasteiger partial charge on any atom is 0.255 e. The van der Waals surface area contributed by atoms with E-state index in [0.29, 0.717) is 22.7 Å². The Morgan fingerprint density at radius 2 is 1.95 bits per heavy atom. The molecule has 0 spiro atoms. The van der Waals surface area contributed by atoms with Crippen molar-refractivity contribution >= 4 is 33.4 Å². The van der Waals surface area contributed by atoms with E-state index >= 15 is 0 Å². The maximum absolute atomic E-state index is 12.7. The van der Waals surface area contributed by atoms with Crippen LogP contribution in [0.4, 0.5) is 0 Å². The average Bonchev–Trinajstić information content (AvgIpc) is 2.61. The van der Waals surface area contributed by atoms with Crippen LogP contribution in [0.1, 0.15) is 36.0 Å². The van der Waals surface area contributed by atoms with Gasteiger partial charge in [-0.05, 0) is 43.9 Å². The molecular weight excluding hydrogens is 328 g/mol. The van der Waals surface area contributed by atoms with Crippen LogP contribution in [-0.4, -0.2) is 28.9 Å².